The van der Waals surface area contributed by atoms with Crippen molar-refractivity contribution >= 4 is 5.97 Å². The molecule has 0 aromatic rings. The molecule has 0 saturated heterocycles. The Labute approximate surface area is 67.4 Å². The van der Waals surface area contributed by atoms with Gasteiger partial charge >= 0.3 is 5.97 Å². The lowest BCUT2D eigenvalue weighted by Crippen LogP contribution is -2.23. The highest BCUT2D eigenvalue weighted by Crippen LogP contribution is 2.04. The first-order valence-electron chi connectivity index (χ1n) is 4.06. The summed E-state index contributed by atoms with van der Waals surface area (Å²) in [5, 5.41) is 8.61. The van der Waals surface area contributed by atoms with Gasteiger partial charge in [-0.05, 0) is 13.3 Å². The number of hydrogen-bond donors (Lipinski definition) is 1. The number of rotatable bonds is 6. The minimum atomic E-state index is -0.847. The van der Waals surface area contributed by atoms with E-state index in [1.54, 1.807) is 0 Å². The fourth-order valence-electron chi connectivity index (χ4n) is 0.869. The molecule has 0 radical (unpaired) electrons. The van der Waals surface area contributed by atoms with Gasteiger partial charge in [0, 0.05) is 6.61 Å². The van der Waals surface area contributed by atoms with E-state index in [0.717, 1.165) is 12.8 Å². The largest absolute Gasteiger partial charge is 0.479 e. The third-order valence-electron chi connectivity index (χ3n) is 1.46. The summed E-state index contributed by atoms with van der Waals surface area (Å²) in [6, 6.07) is 0. The molecule has 0 aliphatic heterocycles. The Balaban J connectivity index is 3.60. The summed E-state index contributed by atoms with van der Waals surface area (Å²) in [6.07, 6.45) is 1.95. The van der Waals surface area contributed by atoms with Gasteiger partial charge in [0.25, 0.3) is 0 Å². The number of carboxylic acids is 1. The van der Waals surface area contributed by atoms with Gasteiger partial charge in [0.2, 0.25) is 0 Å². The standard InChI is InChI=1S/C8H16O3/c1-3-5-6-7(8(9)10)11-4-2/h7H,3-6H2,1-2H3,(H,9,10). The van der Waals surface area contributed by atoms with Crippen molar-refractivity contribution in [1.29, 1.82) is 0 Å². The van der Waals surface area contributed by atoms with Gasteiger partial charge in [-0.15, -0.1) is 0 Å². The molecule has 0 rings (SSSR count). The van der Waals surface area contributed by atoms with Gasteiger partial charge in [-0.3, -0.25) is 0 Å². The van der Waals surface area contributed by atoms with E-state index >= 15 is 0 Å². The topological polar surface area (TPSA) is 46.5 Å². The van der Waals surface area contributed by atoms with Crippen molar-refractivity contribution in [3.63, 3.8) is 0 Å². The second-order valence-corrected chi connectivity index (χ2v) is 2.42. The van der Waals surface area contributed by atoms with Crippen LogP contribution in [0.3, 0.4) is 0 Å². The molecule has 0 saturated carbocycles. The lowest BCUT2D eigenvalue weighted by atomic mass is 10.1. The molecular formula is C8H16O3. The van der Waals surface area contributed by atoms with Crippen LogP contribution in [-0.4, -0.2) is 23.8 Å². The smallest absolute Gasteiger partial charge is 0.332 e. The first kappa shape index (κ1) is 10.4. The molecule has 66 valence electrons. The number of unbranched alkanes of at least 4 members (excludes halogenated alkanes) is 1. The Hall–Kier alpha value is -0.570. The summed E-state index contributed by atoms with van der Waals surface area (Å²) < 4.78 is 5.01. The van der Waals surface area contributed by atoms with Crippen molar-refractivity contribution in [2.24, 2.45) is 0 Å². The molecule has 0 aromatic carbocycles. The van der Waals surface area contributed by atoms with Crippen molar-refractivity contribution in [3.8, 4) is 0 Å². The Bertz CT molecular complexity index is 112. The summed E-state index contributed by atoms with van der Waals surface area (Å²) in [7, 11) is 0. The molecule has 1 unspecified atom stereocenters. The number of ether oxygens (including phenoxy) is 1. The maximum Gasteiger partial charge on any atom is 0.332 e. The van der Waals surface area contributed by atoms with Crippen molar-refractivity contribution in [3.05, 3.63) is 0 Å². The van der Waals surface area contributed by atoms with Crippen LogP contribution >= 0.6 is 0 Å². The molecule has 1 N–H and O–H groups in total. The van der Waals surface area contributed by atoms with Gasteiger partial charge in [0.05, 0.1) is 0 Å². The number of carboxylic acid groups (broad SMARTS) is 1. The summed E-state index contributed by atoms with van der Waals surface area (Å²) in [4.78, 5) is 10.5. The normalized spacial score (nSPS) is 12.9. The van der Waals surface area contributed by atoms with Crippen molar-refractivity contribution in [2.75, 3.05) is 6.61 Å². The minimum absolute atomic E-state index is 0.473. The maximum absolute atomic E-state index is 10.5. The van der Waals surface area contributed by atoms with Crippen LogP contribution in [0.1, 0.15) is 33.1 Å². The average Bonchev–Trinajstić information content (AvgIpc) is 1.97. The zero-order valence-corrected chi connectivity index (χ0v) is 7.17. The Morgan fingerprint density at radius 3 is 2.55 bits per heavy atom. The molecule has 0 bridgehead atoms. The first-order chi connectivity index (χ1) is 5.22. The van der Waals surface area contributed by atoms with E-state index in [-0.39, 0.29) is 0 Å². The van der Waals surface area contributed by atoms with E-state index in [2.05, 4.69) is 0 Å². The van der Waals surface area contributed by atoms with E-state index in [9.17, 15) is 4.79 Å². The van der Waals surface area contributed by atoms with Crippen LogP contribution in [0.25, 0.3) is 0 Å². The van der Waals surface area contributed by atoms with Crippen molar-refractivity contribution < 1.29 is 14.6 Å². The van der Waals surface area contributed by atoms with Crippen molar-refractivity contribution in [1.82, 2.24) is 0 Å². The first-order valence-corrected chi connectivity index (χ1v) is 4.06. The number of aliphatic carboxylic acids is 1. The van der Waals surface area contributed by atoms with Gasteiger partial charge in [-0.2, -0.15) is 0 Å². The van der Waals surface area contributed by atoms with E-state index in [0.29, 0.717) is 13.0 Å². The highest BCUT2D eigenvalue weighted by molar-refractivity contribution is 5.72. The molecule has 1 atom stereocenters. The molecule has 3 nitrogen and oxygen atoms in total. The molecule has 11 heavy (non-hydrogen) atoms. The minimum Gasteiger partial charge on any atom is -0.479 e. The van der Waals surface area contributed by atoms with Crippen molar-refractivity contribution in [2.45, 2.75) is 39.2 Å². The Morgan fingerprint density at radius 2 is 2.18 bits per heavy atom. The molecule has 0 aromatic heterocycles. The van der Waals surface area contributed by atoms with Crippen LogP contribution < -0.4 is 0 Å². The number of carbonyl (C=O) groups is 1. The van der Waals surface area contributed by atoms with E-state index < -0.39 is 12.1 Å². The number of hydrogen-bond acceptors (Lipinski definition) is 2. The molecule has 0 heterocycles. The zero-order valence-electron chi connectivity index (χ0n) is 7.17. The highest BCUT2D eigenvalue weighted by atomic mass is 16.5. The quantitative estimate of drug-likeness (QED) is 0.642. The van der Waals surface area contributed by atoms with Gasteiger partial charge in [0.1, 0.15) is 0 Å². The van der Waals surface area contributed by atoms with Gasteiger partial charge < -0.3 is 9.84 Å². The van der Waals surface area contributed by atoms with Crippen LogP contribution in [0.4, 0.5) is 0 Å². The lowest BCUT2D eigenvalue weighted by molar-refractivity contribution is -0.150. The van der Waals surface area contributed by atoms with E-state index in [4.69, 9.17) is 9.84 Å². The van der Waals surface area contributed by atoms with Crippen LogP contribution in [0, 0.1) is 0 Å². The second kappa shape index (κ2) is 6.16. The van der Waals surface area contributed by atoms with Gasteiger partial charge in [0.15, 0.2) is 6.10 Å². The van der Waals surface area contributed by atoms with Crippen LogP contribution in [-0.2, 0) is 9.53 Å². The molecular weight excluding hydrogens is 144 g/mol. The SMILES string of the molecule is CCCCC(OCC)C(=O)O. The second-order valence-electron chi connectivity index (χ2n) is 2.42. The molecule has 0 spiro atoms. The van der Waals surface area contributed by atoms with Crippen LogP contribution in [0.2, 0.25) is 0 Å². The summed E-state index contributed by atoms with van der Waals surface area (Å²) in [5.74, 6) is -0.847. The predicted octanol–water partition coefficient (Wildman–Crippen LogP) is 1.67. The summed E-state index contributed by atoms with van der Waals surface area (Å²) in [6.45, 7) is 4.31. The summed E-state index contributed by atoms with van der Waals surface area (Å²) >= 11 is 0. The van der Waals surface area contributed by atoms with Crippen LogP contribution in [0.5, 0.6) is 0 Å². The summed E-state index contributed by atoms with van der Waals surface area (Å²) in [5.41, 5.74) is 0. The van der Waals surface area contributed by atoms with E-state index in [1.807, 2.05) is 13.8 Å². The molecule has 0 fully saturated rings. The third kappa shape index (κ3) is 4.79. The van der Waals surface area contributed by atoms with E-state index in [1.165, 1.54) is 0 Å². The third-order valence-corrected chi connectivity index (χ3v) is 1.46. The Morgan fingerprint density at radius 1 is 1.55 bits per heavy atom. The highest BCUT2D eigenvalue weighted by Gasteiger charge is 2.15. The van der Waals surface area contributed by atoms with Gasteiger partial charge in [-0.1, -0.05) is 19.8 Å². The molecule has 3 heteroatoms. The van der Waals surface area contributed by atoms with Gasteiger partial charge in [-0.25, -0.2) is 4.79 Å². The lowest BCUT2D eigenvalue weighted by Gasteiger charge is -2.10. The zero-order chi connectivity index (χ0) is 8.69. The average molecular weight is 160 g/mol. The molecule has 0 amide bonds. The maximum atomic E-state index is 10.5. The fraction of sp³-hybridized carbons (Fsp3) is 0.875. The molecule has 0 aliphatic carbocycles. The monoisotopic (exact) mass is 160 g/mol. The Kier molecular flexibility index (Phi) is 5.84. The van der Waals surface area contributed by atoms with Crippen LogP contribution in [0.15, 0.2) is 0 Å². The predicted molar refractivity (Wildman–Crippen MR) is 42.6 cm³/mol. The fourth-order valence-corrected chi connectivity index (χ4v) is 0.869. The molecule has 0 aliphatic rings.